The van der Waals surface area contributed by atoms with Crippen molar-refractivity contribution in [3.05, 3.63) is 36.2 Å². The van der Waals surface area contributed by atoms with Crippen molar-refractivity contribution in [3.8, 4) is 0 Å². The summed E-state index contributed by atoms with van der Waals surface area (Å²) in [6.45, 7) is 3.45. The second kappa shape index (κ2) is 3.23. The van der Waals surface area contributed by atoms with Crippen LogP contribution in [0.25, 0.3) is 6.08 Å². The van der Waals surface area contributed by atoms with Gasteiger partial charge in [0.1, 0.15) is 0 Å². The molecule has 0 saturated heterocycles. The first-order valence-electron chi connectivity index (χ1n) is 3.09. The summed E-state index contributed by atoms with van der Waals surface area (Å²) in [5.41, 5.74) is 0.546. The molecule has 0 unspecified atom stereocenters. The number of aromatic nitrogens is 1. The lowest BCUT2D eigenvalue weighted by molar-refractivity contribution is 0.151. The third-order valence-electron chi connectivity index (χ3n) is 1.27. The van der Waals surface area contributed by atoms with Gasteiger partial charge in [0.05, 0.1) is 0 Å². The van der Waals surface area contributed by atoms with E-state index in [2.05, 4.69) is 11.6 Å². The van der Waals surface area contributed by atoms with E-state index >= 15 is 0 Å². The van der Waals surface area contributed by atoms with Crippen molar-refractivity contribution in [3.63, 3.8) is 0 Å². The normalized spacial score (nSPS) is 10.1. The summed E-state index contributed by atoms with van der Waals surface area (Å²) in [7, 11) is 0. The summed E-state index contributed by atoms with van der Waals surface area (Å²) in [6.07, 6.45) is 1.66. The van der Waals surface area contributed by atoms with Crippen LogP contribution in [0.2, 0.25) is 0 Å². The number of hydrogen-bond acceptors (Lipinski definition) is 1. The fourth-order valence-corrected chi connectivity index (χ4v) is 0.707. The minimum absolute atomic E-state index is 0.0672. The lowest BCUT2D eigenvalue weighted by Gasteiger charge is -1.98. The van der Waals surface area contributed by atoms with Crippen LogP contribution < -0.4 is 0 Å². The molecule has 0 N–H and O–H groups in total. The zero-order valence-corrected chi connectivity index (χ0v) is 5.80. The minimum Gasteiger partial charge on any atom is -0.264 e. The highest BCUT2D eigenvalue weighted by Gasteiger charge is 2.05. The van der Waals surface area contributed by atoms with Gasteiger partial charge in [0.25, 0.3) is 6.43 Å². The maximum atomic E-state index is 12.0. The molecule has 0 spiro atoms. The molecule has 0 fully saturated rings. The Kier molecular flexibility index (Phi) is 2.31. The minimum atomic E-state index is -2.46. The van der Waals surface area contributed by atoms with Crippen LogP contribution in [0.1, 0.15) is 17.6 Å². The molecule has 0 saturated carbocycles. The second-order valence-electron chi connectivity index (χ2n) is 2.06. The van der Waals surface area contributed by atoms with Gasteiger partial charge in [-0.05, 0) is 11.6 Å². The number of rotatable bonds is 2. The van der Waals surface area contributed by atoms with E-state index in [9.17, 15) is 8.78 Å². The van der Waals surface area contributed by atoms with Crippen molar-refractivity contribution in [1.82, 2.24) is 4.98 Å². The summed E-state index contributed by atoms with van der Waals surface area (Å²) in [5, 5.41) is 0. The van der Waals surface area contributed by atoms with Gasteiger partial charge in [-0.3, -0.25) is 4.98 Å². The van der Waals surface area contributed by atoms with Crippen LogP contribution in [-0.4, -0.2) is 4.98 Å². The Morgan fingerprint density at radius 2 is 2.18 bits per heavy atom. The Labute approximate surface area is 63.4 Å². The Bertz CT molecular complexity index is 258. The van der Waals surface area contributed by atoms with Gasteiger partial charge in [0, 0.05) is 18.0 Å². The van der Waals surface area contributed by atoms with Gasteiger partial charge in [0.15, 0.2) is 0 Å². The molecule has 1 heterocycles. The number of pyridine rings is 1. The Morgan fingerprint density at radius 1 is 1.45 bits per heavy atom. The fraction of sp³-hybridized carbons (Fsp3) is 0.125. The molecule has 1 rings (SSSR count). The highest BCUT2D eigenvalue weighted by atomic mass is 19.3. The van der Waals surface area contributed by atoms with Crippen LogP contribution >= 0.6 is 0 Å². The van der Waals surface area contributed by atoms with Crippen molar-refractivity contribution in [2.75, 3.05) is 0 Å². The van der Waals surface area contributed by atoms with Crippen LogP contribution in [-0.2, 0) is 0 Å². The van der Waals surface area contributed by atoms with E-state index in [1.807, 2.05) is 0 Å². The highest BCUT2D eigenvalue weighted by Crippen LogP contribution is 2.18. The van der Waals surface area contributed by atoms with Crippen molar-refractivity contribution in [1.29, 1.82) is 0 Å². The SMILES string of the molecule is C=Cc1cncc(C(F)F)c1. The Hall–Kier alpha value is -1.25. The average molecular weight is 155 g/mol. The summed E-state index contributed by atoms with van der Waals surface area (Å²) < 4.78 is 24.0. The summed E-state index contributed by atoms with van der Waals surface area (Å²) >= 11 is 0. The largest absolute Gasteiger partial charge is 0.265 e. The number of alkyl halides is 2. The van der Waals surface area contributed by atoms with Gasteiger partial charge >= 0.3 is 0 Å². The molecule has 0 aliphatic heterocycles. The van der Waals surface area contributed by atoms with Crippen LogP contribution in [0.3, 0.4) is 0 Å². The lowest BCUT2D eigenvalue weighted by atomic mass is 10.2. The molecule has 3 heteroatoms. The van der Waals surface area contributed by atoms with Crippen LogP contribution in [0.4, 0.5) is 8.78 Å². The predicted molar refractivity (Wildman–Crippen MR) is 39.3 cm³/mol. The second-order valence-corrected chi connectivity index (χ2v) is 2.06. The smallest absolute Gasteiger partial charge is 0.264 e. The van der Waals surface area contributed by atoms with Gasteiger partial charge in [-0.15, -0.1) is 0 Å². The van der Waals surface area contributed by atoms with E-state index in [4.69, 9.17) is 0 Å². The van der Waals surface area contributed by atoms with Gasteiger partial charge in [0.2, 0.25) is 0 Å². The summed E-state index contributed by atoms with van der Waals surface area (Å²) in [6, 6.07) is 1.37. The lowest BCUT2D eigenvalue weighted by Crippen LogP contribution is -1.86. The maximum Gasteiger partial charge on any atom is 0.265 e. The zero-order valence-electron chi connectivity index (χ0n) is 5.80. The third kappa shape index (κ3) is 1.83. The molecule has 0 aromatic carbocycles. The first-order chi connectivity index (χ1) is 5.24. The van der Waals surface area contributed by atoms with E-state index in [0.717, 1.165) is 6.20 Å². The van der Waals surface area contributed by atoms with Crippen LogP contribution in [0, 0.1) is 0 Å². The standard InChI is InChI=1S/C8H7F2N/c1-2-6-3-7(8(9)10)5-11-4-6/h2-5,8H,1H2. The van der Waals surface area contributed by atoms with Crippen molar-refractivity contribution >= 4 is 6.08 Å². The molecular formula is C8H7F2N. The zero-order chi connectivity index (χ0) is 8.27. The molecule has 0 bridgehead atoms. The molecule has 1 nitrogen and oxygen atoms in total. The topological polar surface area (TPSA) is 12.9 Å². The van der Waals surface area contributed by atoms with E-state index in [1.165, 1.54) is 18.3 Å². The molecule has 1 aromatic heterocycles. The van der Waals surface area contributed by atoms with Crippen molar-refractivity contribution in [2.24, 2.45) is 0 Å². The monoisotopic (exact) mass is 155 g/mol. The van der Waals surface area contributed by atoms with E-state index < -0.39 is 6.43 Å². The third-order valence-corrected chi connectivity index (χ3v) is 1.27. The molecule has 0 amide bonds. The van der Waals surface area contributed by atoms with Gasteiger partial charge in [-0.1, -0.05) is 12.7 Å². The van der Waals surface area contributed by atoms with Crippen molar-refractivity contribution < 1.29 is 8.78 Å². The molecule has 0 aliphatic carbocycles. The predicted octanol–water partition coefficient (Wildman–Crippen LogP) is 2.66. The molecular weight excluding hydrogens is 148 g/mol. The number of nitrogens with zero attached hydrogens (tertiary/aromatic N) is 1. The van der Waals surface area contributed by atoms with E-state index in [-0.39, 0.29) is 5.56 Å². The Balaban J connectivity index is 3.00. The number of halogens is 2. The molecule has 0 atom stereocenters. The van der Waals surface area contributed by atoms with Crippen LogP contribution in [0.5, 0.6) is 0 Å². The van der Waals surface area contributed by atoms with E-state index in [1.54, 1.807) is 0 Å². The molecule has 1 aromatic rings. The summed E-state index contributed by atoms with van der Waals surface area (Å²) in [5.74, 6) is 0. The highest BCUT2D eigenvalue weighted by molar-refractivity contribution is 5.46. The maximum absolute atomic E-state index is 12.0. The first-order valence-corrected chi connectivity index (χ1v) is 3.09. The van der Waals surface area contributed by atoms with Gasteiger partial charge in [-0.25, -0.2) is 8.78 Å². The first kappa shape index (κ1) is 7.85. The molecule has 58 valence electrons. The average Bonchev–Trinajstić information content (AvgIpc) is 2.05. The van der Waals surface area contributed by atoms with E-state index in [0.29, 0.717) is 5.56 Å². The molecule has 11 heavy (non-hydrogen) atoms. The fourth-order valence-electron chi connectivity index (χ4n) is 0.707. The Morgan fingerprint density at radius 3 is 2.73 bits per heavy atom. The quantitative estimate of drug-likeness (QED) is 0.639. The summed E-state index contributed by atoms with van der Waals surface area (Å²) in [4.78, 5) is 3.63. The van der Waals surface area contributed by atoms with Gasteiger partial charge < -0.3 is 0 Å². The molecule has 0 radical (unpaired) electrons. The molecule has 0 aliphatic rings. The number of hydrogen-bond donors (Lipinski definition) is 0. The van der Waals surface area contributed by atoms with Crippen molar-refractivity contribution in [2.45, 2.75) is 6.43 Å². The van der Waals surface area contributed by atoms with Gasteiger partial charge in [-0.2, -0.15) is 0 Å². The van der Waals surface area contributed by atoms with Crippen LogP contribution in [0.15, 0.2) is 25.0 Å².